The van der Waals surface area contributed by atoms with Gasteiger partial charge in [-0.1, -0.05) is 20.8 Å². The number of hydrogen-bond acceptors (Lipinski definition) is 6. The summed E-state index contributed by atoms with van der Waals surface area (Å²) in [5.41, 5.74) is -1.96. The molecule has 0 aromatic carbocycles. The molecule has 0 radical (unpaired) electrons. The molecule has 216 valence electrons. The molecule has 38 heavy (non-hydrogen) atoms. The number of hydrogen-bond donors (Lipinski definition) is 3. The predicted octanol–water partition coefficient (Wildman–Crippen LogP) is 2.01. The van der Waals surface area contributed by atoms with Gasteiger partial charge < -0.3 is 25.6 Å². The molecule has 1 spiro atoms. The van der Waals surface area contributed by atoms with Crippen LogP contribution in [-0.2, 0) is 23.9 Å². The summed E-state index contributed by atoms with van der Waals surface area (Å²) in [4.78, 5) is 64.4. The Morgan fingerprint density at radius 3 is 2.08 bits per heavy atom. The van der Waals surface area contributed by atoms with Gasteiger partial charge in [-0.15, -0.1) is 0 Å². The van der Waals surface area contributed by atoms with Gasteiger partial charge in [0.25, 0.3) is 5.91 Å². The molecule has 0 aromatic rings. The lowest BCUT2D eigenvalue weighted by molar-refractivity contribution is -0.159. The standard InChI is InChI=1S/C24H36F4N4O6/c1-21(2,3)16(31-20(37)38-6)19(36)32-12-23(10-24(27,28)11-23)9-14(32)17(34)30-13(7-8-22(4,25)26)15(33)18(35)29-5/h13-14,16H,7-12H2,1-6H3,(H,29,35)(H,30,34)(H,31,37)/t13-,14-,16+/m0/s1. The molecule has 2 fully saturated rings. The number of rotatable bonds is 9. The summed E-state index contributed by atoms with van der Waals surface area (Å²) in [6.45, 7) is 5.35. The highest BCUT2D eigenvalue weighted by Crippen LogP contribution is 2.58. The number of nitrogens with zero attached hydrogens (tertiary/aromatic N) is 1. The minimum Gasteiger partial charge on any atom is -0.453 e. The Morgan fingerprint density at radius 1 is 1.05 bits per heavy atom. The molecule has 2 rings (SSSR count). The number of ketones is 1. The van der Waals surface area contributed by atoms with E-state index in [9.17, 15) is 41.5 Å². The van der Waals surface area contributed by atoms with Crippen LogP contribution in [0.15, 0.2) is 0 Å². The van der Waals surface area contributed by atoms with Crippen LogP contribution in [0.3, 0.4) is 0 Å². The van der Waals surface area contributed by atoms with E-state index < -0.39 is 96.1 Å². The molecule has 1 aliphatic heterocycles. The van der Waals surface area contributed by atoms with E-state index in [1.807, 2.05) is 0 Å². The summed E-state index contributed by atoms with van der Waals surface area (Å²) < 4.78 is 59.4. The Kier molecular flexibility index (Phi) is 9.10. The third-order valence-electron chi connectivity index (χ3n) is 6.88. The number of methoxy groups -OCH3 is 1. The molecule has 10 nitrogen and oxygen atoms in total. The Balaban J connectivity index is 2.38. The molecule has 1 aliphatic carbocycles. The highest BCUT2D eigenvalue weighted by atomic mass is 19.3. The fourth-order valence-electron chi connectivity index (χ4n) is 5.03. The predicted molar refractivity (Wildman–Crippen MR) is 126 cm³/mol. The van der Waals surface area contributed by atoms with Gasteiger partial charge in [0, 0.05) is 38.3 Å². The first-order chi connectivity index (χ1) is 17.2. The average molecular weight is 553 g/mol. The van der Waals surface area contributed by atoms with Crippen molar-refractivity contribution >= 4 is 29.6 Å². The van der Waals surface area contributed by atoms with Crippen LogP contribution in [0.1, 0.15) is 59.8 Å². The average Bonchev–Trinajstić information content (AvgIpc) is 3.16. The highest BCUT2D eigenvalue weighted by Gasteiger charge is 2.63. The van der Waals surface area contributed by atoms with E-state index in [2.05, 4.69) is 20.7 Å². The minimum atomic E-state index is -3.19. The van der Waals surface area contributed by atoms with Gasteiger partial charge in [0.15, 0.2) is 0 Å². The summed E-state index contributed by atoms with van der Waals surface area (Å²) in [5.74, 6) is -10.1. The molecular formula is C24H36F4N4O6. The minimum absolute atomic E-state index is 0.167. The van der Waals surface area contributed by atoms with Crippen LogP contribution in [0.4, 0.5) is 22.4 Å². The molecule has 1 saturated carbocycles. The summed E-state index contributed by atoms with van der Waals surface area (Å²) in [6, 6.07) is -4.18. The highest BCUT2D eigenvalue weighted by molar-refractivity contribution is 6.38. The number of carbonyl (C=O) groups is 5. The first-order valence-electron chi connectivity index (χ1n) is 12.2. The van der Waals surface area contributed by atoms with Gasteiger partial charge in [0.2, 0.25) is 29.4 Å². The van der Waals surface area contributed by atoms with E-state index in [4.69, 9.17) is 0 Å². The quantitative estimate of drug-likeness (QED) is 0.296. The van der Waals surface area contributed by atoms with Crippen LogP contribution < -0.4 is 16.0 Å². The number of likely N-dealkylation sites (N-methyl/N-ethyl adjacent to an activating group) is 1. The van der Waals surface area contributed by atoms with Crippen LogP contribution in [0.2, 0.25) is 0 Å². The fourth-order valence-corrected chi connectivity index (χ4v) is 5.03. The number of nitrogens with one attached hydrogen (secondary N) is 3. The van der Waals surface area contributed by atoms with Gasteiger partial charge in [-0.25, -0.2) is 22.4 Å². The molecule has 1 saturated heterocycles. The number of likely N-dealkylation sites (tertiary alicyclic amines) is 1. The lowest BCUT2D eigenvalue weighted by atomic mass is 9.65. The second-order valence-corrected chi connectivity index (χ2v) is 11.4. The molecule has 14 heteroatoms. The number of carbonyl (C=O) groups excluding carboxylic acids is 5. The van der Waals surface area contributed by atoms with E-state index in [-0.39, 0.29) is 13.0 Å². The van der Waals surface area contributed by atoms with E-state index >= 15 is 0 Å². The van der Waals surface area contributed by atoms with Crippen LogP contribution in [0.25, 0.3) is 0 Å². The summed E-state index contributed by atoms with van der Waals surface area (Å²) in [6.07, 6.45) is -3.61. The van der Waals surface area contributed by atoms with Crippen LogP contribution in [-0.4, -0.2) is 85.2 Å². The first kappa shape index (κ1) is 31.3. The van der Waals surface area contributed by atoms with Crippen molar-refractivity contribution in [2.75, 3.05) is 20.7 Å². The zero-order valence-electron chi connectivity index (χ0n) is 22.4. The smallest absolute Gasteiger partial charge is 0.407 e. The number of ether oxygens (including phenoxy) is 1. The first-order valence-corrected chi connectivity index (χ1v) is 12.2. The number of alkyl halides is 4. The van der Waals surface area contributed by atoms with Crippen LogP contribution in [0, 0.1) is 10.8 Å². The molecule has 0 bridgehead atoms. The van der Waals surface area contributed by atoms with Gasteiger partial charge in [-0.3, -0.25) is 19.2 Å². The molecular weight excluding hydrogens is 516 g/mol. The third kappa shape index (κ3) is 7.56. The Morgan fingerprint density at radius 2 is 1.63 bits per heavy atom. The lowest BCUT2D eigenvalue weighted by Crippen LogP contribution is -2.59. The lowest BCUT2D eigenvalue weighted by Gasteiger charge is -2.44. The topological polar surface area (TPSA) is 134 Å². The van der Waals surface area contributed by atoms with Crippen molar-refractivity contribution in [2.24, 2.45) is 10.8 Å². The van der Waals surface area contributed by atoms with Gasteiger partial charge >= 0.3 is 6.09 Å². The molecule has 3 atom stereocenters. The Hall–Kier alpha value is -2.93. The second-order valence-electron chi connectivity index (χ2n) is 11.4. The van der Waals surface area contributed by atoms with E-state index in [1.54, 1.807) is 20.8 Å². The third-order valence-corrected chi connectivity index (χ3v) is 6.88. The van der Waals surface area contributed by atoms with Crippen molar-refractivity contribution in [2.45, 2.75) is 89.8 Å². The number of amides is 4. The summed E-state index contributed by atoms with van der Waals surface area (Å²) in [5, 5.41) is 6.79. The Bertz CT molecular complexity index is 955. The number of halogens is 4. The van der Waals surface area contributed by atoms with Crippen molar-refractivity contribution in [3.63, 3.8) is 0 Å². The number of alkyl carbamates (subject to hydrolysis) is 1. The van der Waals surface area contributed by atoms with Crippen molar-refractivity contribution in [1.29, 1.82) is 0 Å². The maximum absolute atomic E-state index is 13.9. The monoisotopic (exact) mass is 552 g/mol. The fraction of sp³-hybridized carbons (Fsp3) is 0.792. The van der Waals surface area contributed by atoms with Crippen molar-refractivity contribution in [1.82, 2.24) is 20.9 Å². The maximum Gasteiger partial charge on any atom is 0.407 e. The Labute approximate surface area is 218 Å². The van der Waals surface area contributed by atoms with Gasteiger partial charge in [0.05, 0.1) is 13.2 Å². The second kappa shape index (κ2) is 11.0. The van der Waals surface area contributed by atoms with E-state index in [1.165, 1.54) is 0 Å². The molecule has 0 aromatic heterocycles. The van der Waals surface area contributed by atoms with Gasteiger partial charge in [0.1, 0.15) is 12.1 Å². The van der Waals surface area contributed by atoms with Crippen molar-refractivity contribution in [3.05, 3.63) is 0 Å². The zero-order valence-corrected chi connectivity index (χ0v) is 22.4. The molecule has 0 unspecified atom stereocenters. The summed E-state index contributed by atoms with van der Waals surface area (Å²) in [7, 11) is 2.26. The van der Waals surface area contributed by atoms with Gasteiger partial charge in [-0.05, 0) is 25.2 Å². The largest absolute Gasteiger partial charge is 0.453 e. The SMILES string of the molecule is CNC(=O)C(=O)[C@H](CCC(C)(F)F)NC(=O)[C@@H]1CC2(CN1C(=O)[C@@H](NC(=O)OC)C(C)(C)C)CC(F)(F)C2. The zero-order chi connectivity index (χ0) is 29.3. The normalized spacial score (nSPS) is 21.6. The van der Waals surface area contributed by atoms with Crippen LogP contribution in [0.5, 0.6) is 0 Å². The molecule has 3 N–H and O–H groups in total. The number of Topliss-reactive ketones (excluding diaryl/α,β-unsaturated/α-hetero) is 1. The molecule has 2 aliphatic rings. The van der Waals surface area contributed by atoms with E-state index in [0.29, 0.717) is 6.92 Å². The molecule has 4 amide bonds. The van der Waals surface area contributed by atoms with Gasteiger partial charge in [-0.2, -0.15) is 0 Å². The van der Waals surface area contributed by atoms with E-state index in [0.717, 1.165) is 19.1 Å². The van der Waals surface area contributed by atoms with Crippen LogP contribution >= 0.6 is 0 Å². The molecule has 1 heterocycles. The summed E-state index contributed by atoms with van der Waals surface area (Å²) >= 11 is 0. The van der Waals surface area contributed by atoms with Crippen molar-refractivity contribution in [3.8, 4) is 0 Å². The van der Waals surface area contributed by atoms with Crippen molar-refractivity contribution < 1.29 is 46.3 Å². The maximum atomic E-state index is 13.9.